The Bertz CT molecular complexity index is 716. The van der Waals surface area contributed by atoms with E-state index in [1.54, 1.807) is 12.1 Å². The van der Waals surface area contributed by atoms with Crippen molar-refractivity contribution in [3.63, 3.8) is 0 Å². The van der Waals surface area contributed by atoms with Gasteiger partial charge < -0.3 is 20.3 Å². The second-order valence-electron chi connectivity index (χ2n) is 5.66. The third kappa shape index (κ3) is 3.40. The van der Waals surface area contributed by atoms with Crippen LogP contribution in [0.5, 0.6) is 5.75 Å². The Morgan fingerprint density at radius 2 is 1.92 bits per heavy atom. The lowest BCUT2D eigenvalue weighted by atomic mass is 9.93. The molecule has 4 nitrogen and oxygen atoms in total. The number of hydrogen-bond donors (Lipinski definition) is 2. The highest BCUT2D eigenvalue weighted by atomic mass is 19.1. The van der Waals surface area contributed by atoms with Crippen LogP contribution in [0.4, 0.5) is 8.78 Å². The van der Waals surface area contributed by atoms with Gasteiger partial charge in [0.1, 0.15) is 23.5 Å². The number of fused-ring (bicyclic) bond motifs is 1. The molecule has 0 aromatic heterocycles. The highest BCUT2D eigenvalue weighted by Gasteiger charge is 2.25. The number of rotatable bonds is 6. The minimum Gasteiger partial charge on any atom is -0.493 e. The molecule has 0 radical (unpaired) electrons. The molecule has 0 bridgehead atoms. The van der Waals surface area contributed by atoms with Crippen LogP contribution in [0.3, 0.4) is 0 Å². The van der Waals surface area contributed by atoms with E-state index in [1.165, 1.54) is 12.1 Å². The maximum atomic E-state index is 13.7. The first-order valence-corrected chi connectivity index (χ1v) is 7.79. The van der Waals surface area contributed by atoms with Crippen molar-refractivity contribution in [2.24, 2.45) is 5.73 Å². The fourth-order valence-electron chi connectivity index (χ4n) is 2.99. The summed E-state index contributed by atoms with van der Waals surface area (Å²) in [4.78, 5) is 0. The molecule has 1 atom stereocenters. The maximum Gasteiger partial charge on any atom is 0.126 e. The molecule has 0 fully saturated rings. The number of benzene rings is 2. The normalized spacial score (nSPS) is 14.3. The number of hydrogen-bond acceptors (Lipinski definition) is 4. The summed E-state index contributed by atoms with van der Waals surface area (Å²) in [7, 11) is 0. The Kier molecular flexibility index (Phi) is 5.08. The van der Waals surface area contributed by atoms with Crippen LogP contribution in [0.25, 0.3) is 0 Å². The standard InChI is InChI=1S/C18H19F2NO3/c19-13-7-12(8-14(20)9-13)18(24-4-2-21)16-5-11(10-22)6-17-15(16)1-3-23-17/h5-9,18,22H,1-4,10,21H2. The fraction of sp³-hybridized carbons (Fsp3) is 0.333. The van der Waals surface area contributed by atoms with Gasteiger partial charge in [-0.1, -0.05) is 0 Å². The van der Waals surface area contributed by atoms with Gasteiger partial charge in [0, 0.05) is 24.6 Å². The fourth-order valence-corrected chi connectivity index (χ4v) is 2.99. The topological polar surface area (TPSA) is 64.7 Å². The van der Waals surface area contributed by atoms with Gasteiger partial charge in [-0.3, -0.25) is 0 Å². The summed E-state index contributed by atoms with van der Waals surface area (Å²) in [6.07, 6.45) is -0.00267. The molecule has 1 heterocycles. The van der Waals surface area contributed by atoms with Crippen LogP contribution in [-0.2, 0) is 17.8 Å². The smallest absolute Gasteiger partial charge is 0.126 e. The molecule has 0 aliphatic carbocycles. The molecule has 0 spiro atoms. The molecule has 2 aromatic rings. The summed E-state index contributed by atoms with van der Waals surface area (Å²) in [5.74, 6) is -0.662. The van der Waals surface area contributed by atoms with Crippen molar-refractivity contribution in [2.45, 2.75) is 19.1 Å². The highest BCUT2D eigenvalue weighted by Crippen LogP contribution is 2.38. The van der Waals surface area contributed by atoms with E-state index in [4.69, 9.17) is 15.2 Å². The van der Waals surface area contributed by atoms with Crippen molar-refractivity contribution in [3.05, 3.63) is 64.2 Å². The number of aliphatic hydroxyl groups excluding tert-OH is 1. The Balaban J connectivity index is 2.11. The zero-order valence-electron chi connectivity index (χ0n) is 13.1. The van der Waals surface area contributed by atoms with Crippen LogP contribution in [0.1, 0.15) is 28.4 Å². The lowest BCUT2D eigenvalue weighted by molar-refractivity contribution is 0.0853. The zero-order chi connectivity index (χ0) is 17.1. The quantitative estimate of drug-likeness (QED) is 0.851. The molecule has 3 rings (SSSR count). The predicted molar refractivity (Wildman–Crippen MR) is 84.8 cm³/mol. The van der Waals surface area contributed by atoms with E-state index >= 15 is 0 Å². The van der Waals surface area contributed by atoms with Crippen LogP contribution >= 0.6 is 0 Å². The van der Waals surface area contributed by atoms with Gasteiger partial charge >= 0.3 is 0 Å². The maximum absolute atomic E-state index is 13.7. The molecule has 0 amide bonds. The summed E-state index contributed by atoms with van der Waals surface area (Å²) < 4.78 is 38.7. The molecule has 1 aliphatic heterocycles. The van der Waals surface area contributed by atoms with E-state index in [0.717, 1.165) is 17.2 Å². The molecule has 0 saturated heterocycles. The zero-order valence-corrected chi connectivity index (χ0v) is 13.1. The molecule has 2 aromatic carbocycles. The summed E-state index contributed by atoms with van der Waals surface area (Å²) >= 11 is 0. The van der Waals surface area contributed by atoms with Gasteiger partial charge in [-0.2, -0.15) is 0 Å². The second-order valence-corrected chi connectivity index (χ2v) is 5.66. The van der Waals surface area contributed by atoms with E-state index in [1.807, 2.05) is 0 Å². The SMILES string of the molecule is NCCOC(c1cc(F)cc(F)c1)c1cc(CO)cc2c1CCO2. The summed E-state index contributed by atoms with van der Waals surface area (Å²) in [6.45, 7) is 0.886. The summed E-state index contributed by atoms with van der Waals surface area (Å²) in [6, 6.07) is 6.88. The predicted octanol–water partition coefficient (Wildman–Crippen LogP) is 2.46. The molecule has 128 valence electrons. The number of aliphatic hydroxyl groups is 1. The number of halogens is 2. The van der Waals surface area contributed by atoms with Gasteiger partial charge in [0.25, 0.3) is 0 Å². The van der Waals surface area contributed by atoms with E-state index in [2.05, 4.69) is 0 Å². The van der Waals surface area contributed by atoms with E-state index in [9.17, 15) is 13.9 Å². The molecule has 1 unspecified atom stereocenters. The monoisotopic (exact) mass is 335 g/mol. The molecule has 6 heteroatoms. The molecular formula is C18H19F2NO3. The van der Waals surface area contributed by atoms with Crippen LogP contribution in [0.15, 0.2) is 30.3 Å². The van der Waals surface area contributed by atoms with Gasteiger partial charge in [0.15, 0.2) is 0 Å². The third-order valence-corrected chi connectivity index (χ3v) is 3.97. The van der Waals surface area contributed by atoms with Crippen LogP contribution in [-0.4, -0.2) is 24.9 Å². The molecule has 1 aliphatic rings. The largest absolute Gasteiger partial charge is 0.493 e. The highest BCUT2D eigenvalue weighted by molar-refractivity contribution is 5.49. The minimum atomic E-state index is -0.680. The van der Waals surface area contributed by atoms with Gasteiger partial charge in [-0.15, -0.1) is 0 Å². The van der Waals surface area contributed by atoms with Crippen molar-refractivity contribution in [2.75, 3.05) is 19.8 Å². The van der Waals surface area contributed by atoms with Crippen LogP contribution < -0.4 is 10.5 Å². The van der Waals surface area contributed by atoms with Crippen LogP contribution in [0, 0.1) is 11.6 Å². The second kappa shape index (κ2) is 7.25. The first-order chi connectivity index (χ1) is 11.6. The number of ether oxygens (including phenoxy) is 2. The van der Waals surface area contributed by atoms with Crippen molar-refractivity contribution in [1.29, 1.82) is 0 Å². The van der Waals surface area contributed by atoms with Gasteiger partial charge in [-0.05, 0) is 41.0 Å². The van der Waals surface area contributed by atoms with Crippen molar-refractivity contribution >= 4 is 0 Å². The Morgan fingerprint density at radius 1 is 1.17 bits per heavy atom. The molecule has 0 saturated carbocycles. The molecule has 24 heavy (non-hydrogen) atoms. The van der Waals surface area contributed by atoms with Crippen molar-refractivity contribution < 1.29 is 23.4 Å². The lowest BCUT2D eigenvalue weighted by Gasteiger charge is -2.22. The first kappa shape index (κ1) is 16.8. The van der Waals surface area contributed by atoms with Gasteiger partial charge in [-0.25, -0.2) is 8.78 Å². The average Bonchev–Trinajstić information content (AvgIpc) is 3.02. The summed E-state index contributed by atoms with van der Waals surface area (Å²) in [5.41, 5.74) is 8.22. The Hall–Kier alpha value is -2.02. The van der Waals surface area contributed by atoms with E-state index < -0.39 is 17.7 Å². The van der Waals surface area contributed by atoms with E-state index in [0.29, 0.717) is 29.9 Å². The molecule has 3 N–H and O–H groups in total. The Morgan fingerprint density at radius 3 is 2.58 bits per heavy atom. The summed E-state index contributed by atoms with van der Waals surface area (Å²) in [5, 5.41) is 9.47. The average molecular weight is 335 g/mol. The minimum absolute atomic E-state index is 0.162. The van der Waals surface area contributed by atoms with Gasteiger partial charge in [0.05, 0.1) is 19.8 Å². The van der Waals surface area contributed by atoms with Crippen molar-refractivity contribution in [3.8, 4) is 5.75 Å². The number of nitrogens with two attached hydrogens (primary N) is 1. The Labute approximate surface area is 138 Å². The van der Waals surface area contributed by atoms with Gasteiger partial charge in [0.2, 0.25) is 0 Å². The lowest BCUT2D eigenvalue weighted by Crippen LogP contribution is -2.15. The third-order valence-electron chi connectivity index (χ3n) is 3.97. The van der Waals surface area contributed by atoms with Crippen LogP contribution in [0.2, 0.25) is 0 Å². The molecular weight excluding hydrogens is 316 g/mol. The first-order valence-electron chi connectivity index (χ1n) is 7.79. The van der Waals surface area contributed by atoms with E-state index in [-0.39, 0.29) is 19.8 Å². The van der Waals surface area contributed by atoms with Crippen molar-refractivity contribution in [1.82, 2.24) is 0 Å².